The van der Waals surface area contributed by atoms with Crippen LogP contribution in [0.2, 0.25) is 0 Å². The quantitative estimate of drug-likeness (QED) is 0.429. The van der Waals surface area contributed by atoms with Crippen molar-refractivity contribution in [1.82, 2.24) is 19.7 Å². The zero-order valence-electron chi connectivity index (χ0n) is 16.9. The molecule has 0 aliphatic heterocycles. The minimum Gasteiger partial charge on any atom is -0.301 e. The summed E-state index contributed by atoms with van der Waals surface area (Å²) in [7, 11) is 0. The minimum absolute atomic E-state index is 0.125. The van der Waals surface area contributed by atoms with Crippen molar-refractivity contribution in [2.75, 3.05) is 11.1 Å². The summed E-state index contributed by atoms with van der Waals surface area (Å²) >= 11 is 2.77. The Bertz CT molecular complexity index is 1200. The lowest BCUT2D eigenvalue weighted by Gasteiger charge is -2.08. The Kier molecular flexibility index (Phi) is 5.96. The third kappa shape index (κ3) is 4.44. The summed E-state index contributed by atoms with van der Waals surface area (Å²) in [5.41, 5.74) is 6.51. The second kappa shape index (κ2) is 8.81. The van der Waals surface area contributed by atoms with Gasteiger partial charge in [0.05, 0.1) is 17.1 Å². The van der Waals surface area contributed by atoms with Gasteiger partial charge in [-0.2, -0.15) is 0 Å². The summed E-state index contributed by atoms with van der Waals surface area (Å²) in [5, 5.41) is 14.3. The van der Waals surface area contributed by atoms with Crippen LogP contribution in [0.4, 0.5) is 5.13 Å². The maximum Gasteiger partial charge on any atom is 0.236 e. The first-order chi connectivity index (χ1) is 14.5. The number of benzene rings is 2. The van der Waals surface area contributed by atoms with Gasteiger partial charge in [-0.3, -0.25) is 9.36 Å². The maximum atomic E-state index is 12.4. The molecule has 152 valence electrons. The highest BCUT2D eigenvalue weighted by Gasteiger charge is 2.13. The zero-order valence-corrected chi connectivity index (χ0v) is 18.5. The molecule has 1 N–H and O–H groups in total. The molecule has 0 aliphatic rings. The lowest BCUT2D eigenvalue weighted by molar-refractivity contribution is -0.113. The van der Waals surface area contributed by atoms with E-state index >= 15 is 0 Å². The van der Waals surface area contributed by atoms with Crippen molar-refractivity contribution in [3.63, 3.8) is 0 Å². The molecule has 4 rings (SSSR count). The summed E-state index contributed by atoms with van der Waals surface area (Å²) in [5.74, 6) is 0.101. The highest BCUT2D eigenvalue weighted by atomic mass is 32.2. The minimum atomic E-state index is -0.125. The van der Waals surface area contributed by atoms with Gasteiger partial charge in [0.1, 0.15) is 6.33 Å². The van der Waals surface area contributed by atoms with Gasteiger partial charge in [-0.25, -0.2) is 4.98 Å². The summed E-state index contributed by atoms with van der Waals surface area (Å²) in [4.78, 5) is 17.0. The standard InChI is InChI=1S/C22H21N5OS2/c1-14-8-9-17(10-16(14)3)18-11-29-21(24-18)25-20(28)12-30-22-26-23-13-27(22)19-7-5-4-6-15(19)2/h4-11,13H,12H2,1-3H3,(H,24,25,28). The number of carbonyl (C=O) groups is 1. The van der Waals surface area contributed by atoms with Crippen LogP contribution in [0, 0.1) is 20.8 Å². The van der Waals surface area contributed by atoms with Crippen LogP contribution in [0.25, 0.3) is 16.9 Å². The van der Waals surface area contributed by atoms with E-state index in [0.717, 1.165) is 22.5 Å². The molecule has 0 fully saturated rings. The Balaban J connectivity index is 1.40. The van der Waals surface area contributed by atoms with E-state index in [0.29, 0.717) is 10.3 Å². The molecule has 0 atom stereocenters. The summed E-state index contributed by atoms with van der Waals surface area (Å²) in [6.45, 7) is 6.20. The number of aryl methyl sites for hydroxylation is 3. The van der Waals surface area contributed by atoms with Crippen LogP contribution in [0.15, 0.2) is 59.3 Å². The number of rotatable bonds is 6. The van der Waals surface area contributed by atoms with Crippen LogP contribution in [-0.2, 0) is 4.79 Å². The van der Waals surface area contributed by atoms with Gasteiger partial charge in [0.15, 0.2) is 10.3 Å². The van der Waals surface area contributed by atoms with Crippen molar-refractivity contribution in [3.05, 3.63) is 70.9 Å². The lowest BCUT2D eigenvalue weighted by atomic mass is 10.1. The molecule has 2 heterocycles. The van der Waals surface area contributed by atoms with E-state index in [1.807, 2.05) is 41.1 Å². The molecule has 0 radical (unpaired) electrons. The molecule has 0 spiro atoms. The maximum absolute atomic E-state index is 12.4. The predicted octanol–water partition coefficient (Wildman–Crippen LogP) is 5.05. The Labute approximate surface area is 183 Å². The second-order valence-corrected chi connectivity index (χ2v) is 8.74. The fraction of sp³-hybridized carbons (Fsp3) is 0.182. The number of aromatic nitrogens is 4. The molecule has 30 heavy (non-hydrogen) atoms. The number of nitrogens with zero attached hydrogens (tertiary/aromatic N) is 4. The van der Waals surface area contributed by atoms with Crippen LogP contribution < -0.4 is 5.32 Å². The average Bonchev–Trinajstić information content (AvgIpc) is 3.38. The number of hydrogen-bond acceptors (Lipinski definition) is 6. The average molecular weight is 436 g/mol. The summed E-state index contributed by atoms with van der Waals surface area (Å²) in [6, 6.07) is 14.3. The van der Waals surface area contributed by atoms with Crippen LogP contribution in [0.5, 0.6) is 0 Å². The molecule has 4 aromatic rings. The SMILES string of the molecule is Cc1ccc(-c2csc(NC(=O)CSc3nncn3-c3ccccc3C)n2)cc1C. The molecule has 2 aromatic carbocycles. The highest BCUT2D eigenvalue weighted by molar-refractivity contribution is 7.99. The largest absolute Gasteiger partial charge is 0.301 e. The van der Waals surface area contributed by atoms with Gasteiger partial charge in [0.25, 0.3) is 0 Å². The zero-order chi connectivity index (χ0) is 21.1. The second-order valence-electron chi connectivity index (χ2n) is 6.94. The van der Waals surface area contributed by atoms with E-state index in [1.54, 1.807) is 6.33 Å². The van der Waals surface area contributed by atoms with E-state index < -0.39 is 0 Å². The highest BCUT2D eigenvalue weighted by Crippen LogP contribution is 2.27. The van der Waals surface area contributed by atoms with E-state index in [-0.39, 0.29) is 11.7 Å². The topological polar surface area (TPSA) is 72.7 Å². The Morgan fingerprint density at radius 2 is 1.93 bits per heavy atom. The fourth-order valence-corrected chi connectivity index (χ4v) is 4.43. The molecule has 0 bridgehead atoms. The Morgan fingerprint density at radius 3 is 2.73 bits per heavy atom. The van der Waals surface area contributed by atoms with Crippen LogP contribution in [0.1, 0.15) is 16.7 Å². The fourth-order valence-electron chi connectivity index (χ4n) is 2.97. The van der Waals surface area contributed by atoms with E-state index in [4.69, 9.17) is 0 Å². The third-order valence-corrected chi connectivity index (χ3v) is 6.48. The third-order valence-electron chi connectivity index (χ3n) is 4.78. The smallest absolute Gasteiger partial charge is 0.236 e. The van der Waals surface area contributed by atoms with Gasteiger partial charge in [0, 0.05) is 10.9 Å². The number of nitrogens with one attached hydrogen (secondary N) is 1. The van der Waals surface area contributed by atoms with Crippen molar-refractivity contribution in [2.24, 2.45) is 0 Å². The first kappa shape index (κ1) is 20.3. The van der Waals surface area contributed by atoms with Crippen LogP contribution in [0.3, 0.4) is 0 Å². The first-order valence-electron chi connectivity index (χ1n) is 9.43. The van der Waals surface area contributed by atoms with Gasteiger partial charge in [-0.1, -0.05) is 42.1 Å². The Hall–Kier alpha value is -2.97. The number of thiazole rings is 1. The molecule has 0 unspecified atom stereocenters. The van der Waals surface area contributed by atoms with Gasteiger partial charge >= 0.3 is 0 Å². The van der Waals surface area contributed by atoms with E-state index in [2.05, 4.69) is 52.5 Å². The van der Waals surface area contributed by atoms with Gasteiger partial charge in [0.2, 0.25) is 5.91 Å². The Morgan fingerprint density at radius 1 is 1.10 bits per heavy atom. The number of thioether (sulfide) groups is 1. The van der Waals surface area contributed by atoms with Crippen molar-refractivity contribution in [1.29, 1.82) is 0 Å². The van der Waals surface area contributed by atoms with Crippen LogP contribution >= 0.6 is 23.1 Å². The number of amides is 1. The first-order valence-corrected chi connectivity index (χ1v) is 11.3. The van der Waals surface area contributed by atoms with E-state index in [9.17, 15) is 4.79 Å². The molecule has 1 amide bonds. The van der Waals surface area contributed by atoms with Crippen molar-refractivity contribution in [3.8, 4) is 16.9 Å². The molecule has 0 saturated carbocycles. The molecular weight excluding hydrogens is 414 g/mol. The molecule has 0 saturated heterocycles. The molecular formula is C22H21N5OS2. The summed E-state index contributed by atoms with van der Waals surface area (Å²) in [6.07, 6.45) is 1.67. The molecule has 8 heteroatoms. The van der Waals surface area contributed by atoms with E-state index in [1.165, 1.54) is 34.2 Å². The van der Waals surface area contributed by atoms with Crippen molar-refractivity contribution in [2.45, 2.75) is 25.9 Å². The van der Waals surface area contributed by atoms with Crippen LogP contribution in [-0.4, -0.2) is 31.4 Å². The number of para-hydroxylation sites is 1. The van der Waals surface area contributed by atoms with Crippen molar-refractivity contribution >= 4 is 34.1 Å². The monoisotopic (exact) mass is 435 g/mol. The normalized spacial score (nSPS) is 10.9. The number of hydrogen-bond donors (Lipinski definition) is 1. The lowest BCUT2D eigenvalue weighted by Crippen LogP contribution is -2.14. The molecule has 2 aromatic heterocycles. The predicted molar refractivity (Wildman–Crippen MR) is 122 cm³/mol. The van der Waals surface area contributed by atoms with Gasteiger partial charge < -0.3 is 5.32 Å². The van der Waals surface area contributed by atoms with Gasteiger partial charge in [-0.15, -0.1) is 21.5 Å². The number of carbonyl (C=O) groups excluding carboxylic acids is 1. The van der Waals surface area contributed by atoms with Gasteiger partial charge in [-0.05, 0) is 49.6 Å². The summed E-state index contributed by atoms with van der Waals surface area (Å²) < 4.78 is 1.90. The van der Waals surface area contributed by atoms with Crippen molar-refractivity contribution < 1.29 is 4.79 Å². The molecule has 6 nitrogen and oxygen atoms in total. The number of anilines is 1. The molecule has 0 aliphatic carbocycles.